The lowest BCUT2D eigenvalue weighted by molar-refractivity contribution is -0.139. The van der Waals surface area contributed by atoms with Gasteiger partial charge in [0.15, 0.2) is 0 Å². The van der Waals surface area contributed by atoms with Crippen LogP contribution in [0.25, 0.3) is 0 Å². The van der Waals surface area contributed by atoms with Gasteiger partial charge in [0, 0.05) is 18.8 Å². The molecule has 0 N–H and O–H groups in total. The van der Waals surface area contributed by atoms with Gasteiger partial charge in [-0.05, 0) is 17.7 Å². The summed E-state index contributed by atoms with van der Waals surface area (Å²) in [4.78, 5) is 27.2. The number of ether oxygens (including phenoxy) is 1. The molecule has 5 nitrogen and oxygen atoms in total. The Morgan fingerprint density at radius 2 is 2.09 bits per heavy atom. The molecule has 0 aliphatic carbocycles. The second kappa shape index (κ2) is 6.66. The third kappa shape index (κ3) is 3.41. The fourth-order valence-corrected chi connectivity index (χ4v) is 3.41. The second-order valence-corrected chi connectivity index (χ2v) is 6.33. The molecular weight excluding hydrogens is 307 g/mol. The molecule has 0 radical (unpaired) electrons. The first-order valence-corrected chi connectivity index (χ1v) is 8.18. The molecular formula is C15H17FN2O3S. The van der Waals surface area contributed by atoms with Crippen LogP contribution in [0.5, 0.6) is 0 Å². The van der Waals surface area contributed by atoms with Crippen molar-refractivity contribution >= 4 is 22.9 Å². The average Bonchev–Trinajstić information content (AvgIpc) is 2.93. The Morgan fingerprint density at radius 1 is 1.32 bits per heavy atom. The number of halogens is 1. The molecule has 0 unspecified atom stereocenters. The summed E-state index contributed by atoms with van der Waals surface area (Å²) in [6.07, 6.45) is -0.248. The number of rotatable bonds is 3. The number of hydrogen-bond donors (Lipinski definition) is 0. The Bertz CT molecular complexity index is 566. The molecule has 1 aromatic rings. The van der Waals surface area contributed by atoms with Gasteiger partial charge >= 0.3 is 0 Å². The molecule has 22 heavy (non-hydrogen) atoms. The average molecular weight is 324 g/mol. The van der Waals surface area contributed by atoms with E-state index in [1.807, 2.05) is 0 Å². The van der Waals surface area contributed by atoms with Crippen molar-refractivity contribution in [3.63, 3.8) is 0 Å². The molecule has 2 amide bonds. The molecule has 0 saturated carbocycles. The van der Waals surface area contributed by atoms with Crippen molar-refractivity contribution in [2.45, 2.75) is 6.10 Å². The molecule has 118 valence electrons. The zero-order valence-electron chi connectivity index (χ0n) is 12.0. The van der Waals surface area contributed by atoms with E-state index in [1.165, 1.54) is 23.9 Å². The lowest BCUT2D eigenvalue weighted by atomic mass is 10.1. The zero-order valence-corrected chi connectivity index (χ0v) is 12.9. The number of thioether (sulfide) groups is 1. The largest absolute Gasteiger partial charge is 0.370 e. The lowest BCUT2D eigenvalue weighted by Crippen LogP contribution is -2.46. The van der Waals surface area contributed by atoms with E-state index in [4.69, 9.17) is 4.74 Å². The van der Waals surface area contributed by atoms with Gasteiger partial charge in [0.2, 0.25) is 5.91 Å². The summed E-state index contributed by atoms with van der Waals surface area (Å²) in [6.45, 7) is 2.14. The Hall–Kier alpha value is -1.60. The van der Waals surface area contributed by atoms with E-state index >= 15 is 0 Å². The van der Waals surface area contributed by atoms with Crippen molar-refractivity contribution < 1.29 is 18.7 Å². The van der Waals surface area contributed by atoms with E-state index in [1.54, 1.807) is 21.9 Å². The summed E-state index contributed by atoms with van der Waals surface area (Å²) in [5.41, 5.74) is 0.853. The van der Waals surface area contributed by atoms with Crippen LogP contribution >= 0.6 is 11.8 Å². The van der Waals surface area contributed by atoms with Crippen LogP contribution in [0.15, 0.2) is 24.3 Å². The number of carbonyl (C=O) groups is 2. The normalized spacial score (nSPS) is 22.2. The highest BCUT2D eigenvalue weighted by Crippen LogP contribution is 2.23. The van der Waals surface area contributed by atoms with E-state index in [2.05, 4.69) is 0 Å². The maximum Gasteiger partial charge on any atom is 0.282 e. The van der Waals surface area contributed by atoms with Gasteiger partial charge in [0.25, 0.3) is 5.24 Å². The molecule has 2 aliphatic rings. The van der Waals surface area contributed by atoms with Crippen molar-refractivity contribution in [2.75, 3.05) is 38.5 Å². The highest BCUT2D eigenvalue weighted by atomic mass is 32.2. The molecule has 2 fully saturated rings. The minimum atomic E-state index is -0.294. The lowest BCUT2D eigenvalue weighted by Gasteiger charge is -2.34. The van der Waals surface area contributed by atoms with Crippen molar-refractivity contribution in [1.29, 1.82) is 0 Å². The number of hydrogen-bond acceptors (Lipinski definition) is 4. The number of nitrogens with zero attached hydrogens (tertiary/aromatic N) is 2. The summed E-state index contributed by atoms with van der Waals surface area (Å²) in [6, 6.07) is 6.13. The Morgan fingerprint density at radius 3 is 2.77 bits per heavy atom. The van der Waals surface area contributed by atoms with Crippen LogP contribution in [-0.2, 0) is 9.53 Å². The smallest absolute Gasteiger partial charge is 0.282 e. The summed E-state index contributed by atoms with van der Waals surface area (Å²) >= 11 is 1.25. The molecule has 2 heterocycles. The van der Waals surface area contributed by atoms with Crippen molar-refractivity contribution in [3.05, 3.63) is 35.6 Å². The molecule has 2 saturated heterocycles. The topological polar surface area (TPSA) is 49.9 Å². The van der Waals surface area contributed by atoms with Gasteiger partial charge in [-0.3, -0.25) is 9.59 Å². The first kappa shape index (κ1) is 15.3. The molecule has 0 spiro atoms. The van der Waals surface area contributed by atoms with E-state index in [9.17, 15) is 14.0 Å². The predicted molar refractivity (Wildman–Crippen MR) is 81.1 cm³/mol. The number of amides is 2. The summed E-state index contributed by atoms with van der Waals surface area (Å²) < 4.78 is 18.7. The van der Waals surface area contributed by atoms with E-state index in [0.29, 0.717) is 26.2 Å². The molecule has 0 bridgehead atoms. The highest BCUT2D eigenvalue weighted by Gasteiger charge is 2.29. The van der Waals surface area contributed by atoms with E-state index in [-0.39, 0.29) is 29.6 Å². The van der Waals surface area contributed by atoms with Gasteiger partial charge in [-0.15, -0.1) is 0 Å². The van der Waals surface area contributed by atoms with Gasteiger partial charge in [-0.2, -0.15) is 0 Å². The number of morpholine rings is 1. The molecule has 3 rings (SSSR count). The fourth-order valence-electron chi connectivity index (χ4n) is 2.59. The molecule has 0 aromatic heterocycles. The standard InChI is InChI=1S/C15H17FN2O3S/c16-12-3-1-11(2-4-12)13-9-17(5-7-21-13)14(19)10-18-6-8-22-15(18)20/h1-4,13H,5-10H2/t13-/m1/s1. The molecule has 1 aromatic carbocycles. The first-order chi connectivity index (χ1) is 10.6. The van der Waals surface area contributed by atoms with Crippen molar-refractivity contribution in [3.8, 4) is 0 Å². The van der Waals surface area contributed by atoms with Crippen LogP contribution < -0.4 is 0 Å². The fraction of sp³-hybridized carbons (Fsp3) is 0.467. The van der Waals surface area contributed by atoms with Crippen LogP contribution in [0, 0.1) is 5.82 Å². The van der Waals surface area contributed by atoms with Gasteiger partial charge in [0.05, 0.1) is 13.2 Å². The molecule has 1 atom stereocenters. The maximum absolute atomic E-state index is 13.0. The third-order valence-electron chi connectivity index (χ3n) is 3.83. The SMILES string of the molecule is O=C(CN1CCSC1=O)N1CCO[C@@H](c2ccc(F)cc2)C1. The quantitative estimate of drug-likeness (QED) is 0.852. The van der Waals surface area contributed by atoms with Crippen molar-refractivity contribution in [1.82, 2.24) is 9.80 Å². The van der Waals surface area contributed by atoms with E-state index in [0.717, 1.165) is 11.3 Å². The van der Waals surface area contributed by atoms with Gasteiger partial charge in [0.1, 0.15) is 18.5 Å². The van der Waals surface area contributed by atoms with Crippen LogP contribution in [-0.4, -0.2) is 59.5 Å². The summed E-state index contributed by atoms with van der Waals surface area (Å²) in [5.74, 6) is 0.386. The van der Waals surface area contributed by atoms with Gasteiger partial charge < -0.3 is 14.5 Å². The van der Waals surface area contributed by atoms with Crippen LogP contribution in [0.1, 0.15) is 11.7 Å². The maximum atomic E-state index is 13.0. The van der Waals surface area contributed by atoms with Crippen LogP contribution in [0.4, 0.5) is 9.18 Å². The Labute approximate surface area is 132 Å². The zero-order chi connectivity index (χ0) is 15.5. The van der Waals surface area contributed by atoms with Gasteiger partial charge in [-0.1, -0.05) is 23.9 Å². The Balaban J connectivity index is 1.61. The number of benzene rings is 1. The molecule has 7 heteroatoms. The number of carbonyl (C=O) groups excluding carboxylic acids is 2. The first-order valence-electron chi connectivity index (χ1n) is 7.20. The molecule has 2 aliphatic heterocycles. The summed E-state index contributed by atoms with van der Waals surface area (Å²) in [7, 11) is 0. The highest BCUT2D eigenvalue weighted by molar-refractivity contribution is 8.13. The van der Waals surface area contributed by atoms with Crippen molar-refractivity contribution in [2.24, 2.45) is 0 Å². The predicted octanol–water partition coefficient (Wildman–Crippen LogP) is 1.89. The van der Waals surface area contributed by atoms with Gasteiger partial charge in [-0.25, -0.2) is 4.39 Å². The minimum Gasteiger partial charge on any atom is -0.370 e. The van der Waals surface area contributed by atoms with E-state index < -0.39 is 0 Å². The second-order valence-electron chi connectivity index (χ2n) is 5.29. The monoisotopic (exact) mass is 324 g/mol. The third-order valence-corrected chi connectivity index (χ3v) is 4.72. The van der Waals surface area contributed by atoms with Crippen LogP contribution in [0.3, 0.4) is 0 Å². The summed E-state index contributed by atoms with van der Waals surface area (Å²) in [5, 5.41) is -0.0308. The Kier molecular flexibility index (Phi) is 4.63. The van der Waals surface area contributed by atoms with Crippen LogP contribution in [0.2, 0.25) is 0 Å². The minimum absolute atomic E-state index is 0.0308.